The smallest absolute Gasteiger partial charge is 0.261 e. The monoisotopic (exact) mass is 301 g/mol. The fraction of sp³-hybridized carbons (Fsp3) is 0.462. The highest BCUT2D eigenvalue weighted by atomic mass is 35.7. The molecule has 1 aliphatic carbocycles. The number of carbonyl (C=O) groups is 1. The summed E-state index contributed by atoms with van der Waals surface area (Å²) in [5.41, 5.74) is 0.590. The van der Waals surface area contributed by atoms with E-state index in [2.05, 4.69) is 5.32 Å². The van der Waals surface area contributed by atoms with Gasteiger partial charge in [0.1, 0.15) is 0 Å². The van der Waals surface area contributed by atoms with Gasteiger partial charge in [0.2, 0.25) is 5.91 Å². The molecule has 0 atom stereocenters. The quantitative estimate of drug-likeness (QED) is 0.869. The first kappa shape index (κ1) is 14.3. The maximum Gasteiger partial charge on any atom is 0.261 e. The third-order valence-electron chi connectivity index (χ3n) is 3.37. The Morgan fingerprint density at radius 2 is 1.79 bits per heavy atom. The number of hydrogen-bond donors (Lipinski definition) is 1. The molecule has 1 amide bonds. The fourth-order valence-corrected chi connectivity index (χ4v) is 3.16. The van der Waals surface area contributed by atoms with Crippen molar-refractivity contribution in [1.29, 1.82) is 0 Å². The Morgan fingerprint density at radius 1 is 1.21 bits per heavy atom. The van der Waals surface area contributed by atoms with Crippen LogP contribution in [0.15, 0.2) is 29.2 Å². The van der Waals surface area contributed by atoms with Gasteiger partial charge in [-0.15, -0.1) is 0 Å². The molecule has 0 aromatic heterocycles. The number of rotatable bonds is 4. The van der Waals surface area contributed by atoms with Gasteiger partial charge >= 0.3 is 0 Å². The van der Waals surface area contributed by atoms with Crippen LogP contribution in [0.2, 0.25) is 0 Å². The van der Waals surface area contributed by atoms with E-state index in [9.17, 15) is 13.2 Å². The lowest BCUT2D eigenvalue weighted by molar-refractivity contribution is -0.117. The lowest BCUT2D eigenvalue weighted by Crippen LogP contribution is -2.15. The second kappa shape index (κ2) is 5.92. The molecule has 19 heavy (non-hydrogen) atoms. The van der Waals surface area contributed by atoms with E-state index in [0.717, 1.165) is 12.8 Å². The lowest BCUT2D eigenvalue weighted by Gasteiger charge is -2.09. The maximum atomic E-state index is 11.8. The van der Waals surface area contributed by atoms with Crippen LogP contribution >= 0.6 is 10.7 Å². The minimum absolute atomic E-state index is 0.0200. The van der Waals surface area contributed by atoms with Gasteiger partial charge in [0.25, 0.3) is 9.05 Å². The average Bonchev–Trinajstić information content (AvgIpc) is 2.81. The van der Waals surface area contributed by atoms with Crippen LogP contribution in [0.4, 0.5) is 5.69 Å². The zero-order valence-corrected chi connectivity index (χ0v) is 12.0. The molecule has 1 aliphatic rings. The van der Waals surface area contributed by atoms with Crippen molar-refractivity contribution in [3.8, 4) is 0 Å². The molecule has 2 rings (SSSR count). The summed E-state index contributed by atoms with van der Waals surface area (Å²) in [5, 5.41) is 2.77. The van der Waals surface area contributed by atoms with Gasteiger partial charge in [0.05, 0.1) is 4.90 Å². The molecule has 0 radical (unpaired) electrons. The zero-order valence-electron chi connectivity index (χ0n) is 10.4. The first-order valence-electron chi connectivity index (χ1n) is 6.30. The van der Waals surface area contributed by atoms with Gasteiger partial charge in [0, 0.05) is 22.8 Å². The van der Waals surface area contributed by atoms with E-state index in [-0.39, 0.29) is 10.8 Å². The van der Waals surface area contributed by atoms with Crippen LogP contribution in [0.1, 0.15) is 32.1 Å². The van der Waals surface area contributed by atoms with Crippen molar-refractivity contribution >= 4 is 31.3 Å². The standard InChI is InChI=1S/C13H16ClNO3S/c14-19(17,18)12-7-5-11(6-8-12)15-13(16)9-10-3-1-2-4-10/h5-8,10H,1-4,9H2,(H,15,16). The second-order valence-electron chi connectivity index (χ2n) is 4.87. The Labute approximate surface area is 117 Å². The maximum absolute atomic E-state index is 11.8. The number of nitrogens with one attached hydrogen (secondary N) is 1. The number of hydrogen-bond acceptors (Lipinski definition) is 3. The molecule has 1 saturated carbocycles. The van der Waals surface area contributed by atoms with Gasteiger partial charge in [-0.3, -0.25) is 4.79 Å². The van der Waals surface area contributed by atoms with Crippen LogP contribution in [-0.4, -0.2) is 14.3 Å². The summed E-state index contributed by atoms with van der Waals surface area (Å²) in [4.78, 5) is 11.8. The molecule has 0 bridgehead atoms. The van der Waals surface area contributed by atoms with E-state index in [1.165, 1.54) is 25.0 Å². The van der Waals surface area contributed by atoms with Gasteiger partial charge in [-0.1, -0.05) is 12.8 Å². The highest BCUT2D eigenvalue weighted by Gasteiger charge is 2.18. The number of halogens is 1. The largest absolute Gasteiger partial charge is 0.326 e. The van der Waals surface area contributed by atoms with Crippen molar-refractivity contribution in [3.63, 3.8) is 0 Å². The predicted molar refractivity (Wildman–Crippen MR) is 74.7 cm³/mol. The average molecular weight is 302 g/mol. The molecule has 104 valence electrons. The topological polar surface area (TPSA) is 63.2 Å². The third-order valence-corrected chi connectivity index (χ3v) is 4.74. The molecule has 0 aliphatic heterocycles. The van der Waals surface area contributed by atoms with E-state index < -0.39 is 9.05 Å². The van der Waals surface area contributed by atoms with Gasteiger partial charge in [-0.25, -0.2) is 8.42 Å². The zero-order chi connectivity index (χ0) is 13.9. The molecule has 1 N–H and O–H groups in total. The molecular formula is C13H16ClNO3S. The molecule has 1 aromatic rings. The van der Waals surface area contributed by atoms with Crippen LogP contribution in [-0.2, 0) is 13.8 Å². The summed E-state index contributed by atoms with van der Waals surface area (Å²) in [6.07, 6.45) is 5.20. The van der Waals surface area contributed by atoms with Crippen molar-refractivity contribution in [2.45, 2.75) is 37.0 Å². The van der Waals surface area contributed by atoms with E-state index >= 15 is 0 Å². The number of amides is 1. The van der Waals surface area contributed by atoms with Crippen LogP contribution in [0.25, 0.3) is 0 Å². The van der Waals surface area contributed by atoms with Gasteiger partial charge in [-0.05, 0) is 43.0 Å². The Kier molecular flexibility index (Phi) is 4.47. The molecule has 6 heteroatoms. The van der Waals surface area contributed by atoms with Gasteiger partial charge in [0.15, 0.2) is 0 Å². The van der Waals surface area contributed by atoms with Crippen LogP contribution in [0.5, 0.6) is 0 Å². The fourth-order valence-electron chi connectivity index (χ4n) is 2.39. The predicted octanol–water partition coefficient (Wildman–Crippen LogP) is 3.13. The highest BCUT2D eigenvalue weighted by Crippen LogP contribution is 2.27. The normalized spacial score (nSPS) is 16.5. The molecule has 0 heterocycles. The van der Waals surface area contributed by atoms with E-state index in [1.54, 1.807) is 12.1 Å². The lowest BCUT2D eigenvalue weighted by atomic mass is 10.0. The summed E-state index contributed by atoms with van der Waals surface area (Å²) >= 11 is 0. The van der Waals surface area contributed by atoms with Crippen molar-refractivity contribution in [2.24, 2.45) is 5.92 Å². The van der Waals surface area contributed by atoms with Crippen LogP contribution in [0, 0.1) is 5.92 Å². The molecular weight excluding hydrogens is 286 g/mol. The second-order valence-corrected chi connectivity index (χ2v) is 7.43. The van der Waals surface area contributed by atoms with Gasteiger partial charge < -0.3 is 5.32 Å². The van der Waals surface area contributed by atoms with E-state index in [1.807, 2.05) is 0 Å². The number of anilines is 1. The van der Waals surface area contributed by atoms with Crippen LogP contribution in [0.3, 0.4) is 0 Å². The van der Waals surface area contributed by atoms with Crippen molar-refractivity contribution < 1.29 is 13.2 Å². The summed E-state index contributed by atoms with van der Waals surface area (Å²) in [5.74, 6) is 0.468. The minimum Gasteiger partial charge on any atom is -0.326 e. The molecule has 1 aromatic carbocycles. The Hall–Kier alpha value is -1.07. The van der Waals surface area contributed by atoms with Crippen molar-refractivity contribution in [2.75, 3.05) is 5.32 Å². The summed E-state index contributed by atoms with van der Waals surface area (Å²) in [6.45, 7) is 0. The minimum atomic E-state index is -3.71. The summed E-state index contributed by atoms with van der Waals surface area (Å²) in [6, 6.07) is 5.85. The van der Waals surface area contributed by atoms with E-state index in [0.29, 0.717) is 18.0 Å². The third kappa shape index (κ3) is 4.21. The number of benzene rings is 1. The Bertz CT molecular complexity index is 548. The summed E-state index contributed by atoms with van der Waals surface area (Å²) in [7, 11) is 1.51. The SMILES string of the molecule is O=C(CC1CCCC1)Nc1ccc(S(=O)(=O)Cl)cc1. The molecule has 0 unspecified atom stereocenters. The molecule has 4 nitrogen and oxygen atoms in total. The Balaban J connectivity index is 1.93. The van der Waals surface area contributed by atoms with Crippen molar-refractivity contribution in [3.05, 3.63) is 24.3 Å². The summed E-state index contributed by atoms with van der Waals surface area (Å²) < 4.78 is 22.1. The number of carbonyl (C=O) groups excluding carboxylic acids is 1. The van der Waals surface area contributed by atoms with E-state index in [4.69, 9.17) is 10.7 Å². The molecule has 0 saturated heterocycles. The van der Waals surface area contributed by atoms with Crippen molar-refractivity contribution in [1.82, 2.24) is 0 Å². The van der Waals surface area contributed by atoms with Gasteiger partial charge in [-0.2, -0.15) is 0 Å². The molecule has 0 spiro atoms. The Morgan fingerprint density at radius 3 is 2.32 bits per heavy atom. The first-order chi connectivity index (χ1) is 8.95. The first-order valence-corrected chi connectivity index (χ1v) is 8.60. The van der Waals surface area contributed by atoms with Crippen LogP contribution < -0.4 is 5.32 Å². The molecule has 1 fully saturated rings. The highest BCUT2D eigenvalue weighted by molar-refractivity contribution is 8.13.